The first-order valence-corrected chi connectivity index (χ1v) is 8.41. The zero-order valence-electron chi connectivity index (χ0n) is 12.3. The van der Waals surface area contributed by atoms with Crippen molar-refractivity contribution >= 4 is 23.1 Å². The van der Waals surface area contributed by atoms with Crippen molar-refractivity contribution < 1.29 is 4.92 Å². The van der Waals surface area contributed by atoms with Crippen LogP contribution in [-0.4, -0.2) is 41.3 Å². The fraction of sp³-hybridized carbons (Fsp3) is 0.545. The molecule has 0 aliphatic rings. The van der Waals surface area contributed by atoms with E-state index in [0.717, 1.165) is 28.4 Å². The van der Waals surface area contributed by atoms with Crippen molar-refractivity contribution in [2.24, 2.45) is 5.29 Å². The molecular weight excluding hydrogens is 328 g/mol. The minimum atomic E-state index is -0.506. The zero-order chi connectivity index (χ0) is 16.4. The zero-order valence-corrected chi connectivity index (χ0v) is 13.9. The number of nitroso groups, excluding NO2 is 1. The van der Waals surface area contributed by atoms with E-state index in [1.165, 1.54) is 16.3 Å². The molecule has 1 heterocycles. The lowest BCUT2D eigenvalue weighted by molar-refractivity contribution is -0.404. The standard InChI is InChI=1S/C11H18N6O3S2/c1-12-10(5-17(19)20)13-3-4-21-7-9-8-22-11(14-9)6-16(2)15-18/h5,8,12-13H,3-4,6-7H2,1-2H3. The van der Waals surface area contributed by atoms with E-state index in [9.17, 15) is 15.0 Å². The molecule has 0 unspecified atom stereocenters. The second-order valence-corrected chi connectivity index (χ2v) is 6.24. The molecule has 122 valence electrons. The summed E-state index contributed by atoms with van der Waals surface area (Å²) in [6.45, 7) is 1.03. The van der Waals surface area contributed by atoms with Crippen molar-refractivity contribution in [3.8, 4) is 0 Å². The largest absolute Gasteiger partial charge is 0.370 e. The van der Waals surface area contributed by atoms with E-state index in [-0.39, 0.29) is 0 Å². The fourth-order valence-corrected chi connectivity index (χ4v) is 3.14. The molecule has 0 bridgehead atoms. The highest BCUT2D eigenvalue weighted by atomic mass is 32.2. The Hall–Kier alpha value is -1.88. The Morgan fingerprint density at radius 2 is 2.45 bits per heavy atom. The fourth-order valence-electron chi connectivity index (χ4n) is 1.45. The molecule has 0 amide bonds. The minimum absolute atomic E-state index is 0.381. The molecule has 11 heteroatoms. The number of nitro groups is 1. The molecule has 0 saturated carbocycles. The van der Waals surface area contributed by atoms with Gasteiger partial charge in [-0.2, -0.15) is 11.8 Å². The Kier molecular flexibility index (Phi) is 8.22. The minimum Gasteiger partial charge on any atom is -0.370 e. The van der Waals surface area contributed by atoms with Gasteiger partial charge in [0.25, 0.3) is 6.20 Å². The topological polar surface area (TPSA) is 113 Å². The van der Waals surface area contributed by atoms with Crippen molar-refractivity contribution in [1.82, 2.24) is 20.6 Å². The summed E-state index contributed by atoms with van der Waals surface area (Å²) in [6, 6.07) is 0. The van der Waals surface area contributed by atoms with E-state index in [4.69, 9.17) is 0 Å². The highest BCUT2D eigenvalue weighted by Gasteiger charge is 2.05. The van der Waals surface area contributed by atoms with Crippen molar-refractivity contribution in [2.45, 2.75) is 12.3 Å². The molecule has 0 saturated heterocycles. The summed E-state index contributed by atoms with van der Waals surface area (Å²) in [5.74, 6) is 1.93. The number of aromatic nitrogens is 1. The average molecular weight is 346 g/mol. The van der Waals surface area contributed by atoms with Gasteiger partial charge in [-0.25, -0.2) is 4.98 Å². The van der Waals surface area contributed by atoms with E-state index in [1.807, 2.05) is 5.38 Å². The predicted molar refractivity (Wildman–Crippen MR) is 87.7 cm³/mol. The van der Waals surface area contributed by atoms with Gasteiger partial charge in [-0.15, -0.1) is 16.2 Å². The van der Waals surface area contributed by atoms with Gasteiger partial charge in [-0.1, -0.05) is 0 Å². The van der Waals surface area contributed by atoms with Crippen molar-refractivity contribution in [3.05, 3.63) is 43.1 Å². The Bertz CT molecular complexity index is 522. The van der Waals surface area contributed by atoms with E-state index in [0.29, 0.717) is 18.9 Å². The predicted octanol–water partition coefficient (Wildman–Crippen LogP) is 1.37. The maximum atomic E-state index is 10.4. The molecule has 22 heavy (non-hydrogen) atoms. The van der Waals surface area contributed by atoms with Crippen LogP contribution in [-0.2, 0) is 12.3 Å². The molecule has 0 radical (unpaired) electrons. The first-order valence-electron chi connectivity index (χ1n) is 6.37. The SMILES string of the molecule is CNC(=C[N+](=O)[O-])NCCSCc1csc(CN(C)N=O)n1. The Balaban J connectivity index is 2.24. The van der Waals surface area contributed by atoms with Gasteiger partial charge in [-0.3, -0.25) is 15.1 Å². The third kappa shape index (κ3) is 7.22. The first-order chi connectivity index (χ1) is 10.5. The summed E-state index contributed by atoms with van der Waals surface area (Å²) >= 11 is 3.17. The van der Waals surface area contributed by atoms with Gasteiger partial charge in [-0.05, 0) is 0 Å². The van der Waals surface area contributed by atoms with E-state index in [2.05, 4.69) is 20.9 Å². The van der Waals surface area contributed by atoms with Gasteiger partial charge in [0.2, 0.25) is 0 Å². The van der Waals surface area contributed by atoms with E-state index >= 15 is 0 Å². The summed E-state index contributed by atoms with van der Waals surface area (Å²) in [5, 5.41) is 22.9. The van der Waals surface area contributed by atoms with Gasteiger partial charge in [0, 0.05) is 37.5 Å². The van der Waals surface area contributed by atoms with Crippen LogP contribution in [0.3, 0.4) is 0 Å². The molecular formula is C11H18N6O3S2. The molecule has 9 nitrogen and oxygen atoms in total. The van der Waals surface area contributed by atoms with Crippen molar-refractivity contribution in [1.29, 1.82) is 0 Å². The molecule has 0 aromatic carbocycles. The summed E-state index contributed by atoms with van der Waals surface area (Å²) in [7, 11) is 3.23. The van der Waals surface area contributed by atoms with Gasteiger partial charge < -0.3 is 10.6 Å². The normalized spacial score (nSPS) is 11.1. The van der Waals surface area contributed by atoms with Crippen LogP contribution in [0, 0.1) is 15.0 Å². The van der Waals surface area contributed by atoms with Gasteiger partial charge in [0.15, 0.2) is 5.82 Å². The quantitative estimate of drug-likeness (QED) is 0.267. The first kappa shape index (κ1) is 18.2. The summed E-state index contributed by atoms with van der Waals surface area (Å²) in [6.07, 6.45) is 0.898. The molecule has 0 aliphatic carbocycles. The third-order valence-corrected chi connectivity index (χ3v) is 4.29. The Morgan fingerprint density at radius 3 is 3.09 bits per heavy atom. The molecule has 1 rings (SSSR count). The lowest BCUT2D eigenvalue weighted by Gasteiger charge is -2.07. The molecule has 1 aromatic rings. The van der Waals surface area contributed by atoms with Crippen LogP contribution in [0.1, 0.15) is 10.7 Å². The van der Waals surface area contributed by atoms with Crippen molar-refractivity contribution in [3.63, 3.8) is 0 Å². The molecule has 1 aromatic heterocycles. The van der Waals surface area contributed by atoms with Crippen LogP contribution in [0.2, 0.25) is 0 Å². The highest BCUT2D eigenvalue weighted by molar-refractivity contribution is 7.98. The van der Waals surface area contributed by atoms with Crippen LogP contribution in [0.4, 0.5) is 0 Å². The van der Waals surface area contributed by atoms with Crippen LogP contribution in [0.5, 0.6) is 0 Å². The molecule has 0 aliphatic heterocycles. The molecule has 2 N–H and O–H groups in total. The summed E-state index contributed by atoms with van der Waals surface area (Å²) in [4.78, 5) is 24.6. The molecule has 0 fully saturated rings. The van der Waals surface area contributed by atoms with E-state index in [1.54, 1.807) is 25.9 Å². The number of nitrogens with one attached hydrogen (secondary N) is 2. The van der Waals surface area contributed by atoms with Crippen LogP contribution in [0.15, 0.2) is 22.7 Å². The lowest BCUT2D eigenvalue weighted by Crippen LogP contribution is -2.26. The number of rotatable bonds is 11. The number of hydrogen-bond donors (Lipinski definition) is 2. The summed E-state index contributed by atoms with van der Waals surface area (Å²) in [5.41, 5.74) is 0.957. The second-order valence-electron chi connectivity index (χ2n) is 4.19. The third-order valence-electron chi connectivity index (χ3n) is 2.42. The van der Waals surface area contributed by atoms with Crippen LogP contribution < -0.4 is 10.6 Å². The monoisotopic (exact) mass is 346 g/mol. The lowest BCUT2D eigenvalue weighted by atomic mass is 10.5. The van der Waals surface area contributed by atoms with Crippen LogP contribution in [0.25, 0.3) is 0 Å². The molecule has 0 spiro atoms. The molecule has 0 atom stereocenters. The average Bonchev–Trinajstić information content (AvgIpc) is 2.92. The number of thioether (sulfide) groups is 1. The van der Waals surface area contributed by atoms with Gasteiger partial charge in [0.05, 0.1) is 22.4 Å². The number of hydrogen-bond acceptors (Lipinski definition) is 9. The number of nitrogens with zero attached hydrogens (tertiary/aromatic N) is 4. The summed E-state index contributed by atoms with van der Waals surface area (Å²) < 4.78 is 0. The van der Waals surface area contributed by atoms with Crippen LogP contribution >= 0.6 is 23.1 Å². The Labute approximate surface area is 136 Å². The number of thiazole rings is 1. The maximum Gasteiger partial charge on any atom is 0.274 e. The van der Waals surface area contributed by atoms with Gasteiger partial charge >= 0.3 is 0 Å². The highest BCUT2D eigenvalue weighted by Crippen LogP contribution is 2.16. The smallest absolute Gasteiger partial charge is 0.274 e. The maximum absolute atomic E-state index is 10.4. The van der Waals surface area contributed by atoms with Gasteiger partial charge in [0.1, 0.15) is 5.01 Å². The Morgan fingerprint density at radius 1 is 1.68 bits per heavy atom. The second kappa shape index (κ2) is 9.95. The van der Waals surface area contributed by atoms with E-state index < -0.39 is 4.92 Å². The van der Waals surface area contributed by atoms with Crippen molar-refractivity contribution in [2.75, 3.05) is 26.4 Å².